The number of benzene rings is 1. The number of nitrogens with one attached hydrogen (secondary N) is 2. The first-order chi connectivity index (χ1) is 14.4. The molecule has 0 aliphatic rings. The molecule has 30 heavy (non-hydrogen) atoms. The van der Waals surface area contributed by atoms with E-state index in [1.807, 2.05) is 0 Å². The summed E-state index contributed by atoms with van der Waals surface area (Å²) in [6, 6.07) is 2.98. The van der Waals surface area contributed by atoms with E-state index in [1.54, 1.807) is 14.0 Å². The Morgan fingerprint density at radius 1 is 1.17 bits per heavy atom. The van der Waals surface area contributed by atoms with Crippen molar-refractivity contribution in [2.75, 3.05) is 13.7 Å². The highest BCUT2D eigenvalue weighted by molar-refractivity contribution is 5.93. The number of carbonyl (C=O) groups excluding carboxylic acids is 1. The molecule has 0 aliphatic carbocycles. The average Bonchev–Trinajstić information content (AvgIpc) is 3.13. The molecule has 0 bridgehead atoms. The molecule has 0 fully saturated rings. The van der Waals surface area contributed by atoms with Gasteiger partial charge in [0.25, 0.3) is 6.43 Å². The number of esters is 1. The zero-order valence-corrected chi connectivity index (χ0v) is 17.1. The van der Waals surface area contributed by atoms with E-state index in [2.05, 4.69) is 23.5 Å². The number of hydrogen-bond donors (Lipinski definition) is 5. The molecule has 9 heteroatoms. The molecule has 166 valence electrons. The van der Waals surface area contributed by atoms with Crippen LogP contribution in [0.4, 0.5) is 8.78 Å². The average molecular weight is 426 g/mol. The van der Waals surface area contributed by atoms with E-state index in [1.165, 1.54) is 12.1 Å². The van der Waals surface area contributed by atoms with E-state index in [0.29, 0.717) is 11.3 Å². The molecule has 5 N–H and O–H groups in total. The third kappa shape index (κ3) is 5.11. The minimum Gasteiger partial charge on any atom is -0.461 e. The molecule has 1 heterocycles. The minimum absolute atomic E-state index is 0.0268. The lowest BCUT2D eigenvalue weighted by atomic mass is 9.90. The molecule has 0 aliphatic heterocycles. The lowest BCUT2D eigenvalue weighted by molar-refractivity contribution is 0.0509. The predicted octanol–water partition coefficient (Wildman–Crippen LogP) is 2.79. The number of ether oxygens (including phenoxy) is 1. The number of H-pyrrole nitrogens is 1. The van der Waals surface area contributed by atoms with Gasteiger partial charge in [-0.2, -0.15) is 0 Å². The van der Waals surface area contributed by atoms with Gasteiger partial charge in [0, 0.05) is 17.8 Å². The summed E-state index contributed by atoms with van der Waals surface area (Å²) in [4.78, 5) is 14.9. The van der Waals surface area contributed by atoms with Crippen LogP contribution < -0.4 is 5.32 Å². The highest BCUT2D eigenvalue weighted by atomic mass is 19.3. The topological polar surface area (TPSA) is 115 Å². The molecule has 0 spiro atoms. The molecule has 0 saturated heterocycles. The number of halogens is 2. The van der Waals surface area contributed by atoms with Crippen LogP contribution in [-0.4, -0.2) is 39.9 Å². The van der Waals surface area contributed by atoms with Gasteiger partial charge in [-0.15, -0.1) is 13.2 Å². The van der Waals surface area contributed by atoms with Crippen LogP contribution in [0.1, 0.15) is 51.8 Å². The van der Waals surface area contributed by atoms with E-state index in [9.17, 15) is 28.9 Å². The van der Waals surface area contributed by atoms with Crippen LogP contribution in [0, 0.1) is 0 Å². The van der Waals surface area contributed by atoms with Gasteiger partial charge in [0.1, 0.15) is 5.69 Å². The van der Waals surface area contributed by atoms with Crippen LogP contribution in [-0.2, 0) is 31.1 Å². The zero-order valence-electron chi connectivity index (χ0n) is 17.1. The van der Waals surface area contributed by atoms with Crippen molar-refractivity contribution in [2.24, 2.45) is 0 Å². The number of aromatic nitrogens is 1. The number of aromatic amines is 1. The highest BCUT2D eigenvalue weighted by Crippen LogP contribution is 2.40. The van der Waals surface area contributed by atoms with Crippen LogP contribution in [0.2, 0.25) is 0 Å². The Kier molecular flexibility index (Phi) is 10.3. The molecular weight excluding hydrogens is 398 g/mol. The van der Waals surface area contributed by atoms with Crippen molar-refractivity contribution in [1.82, 2.24) is 10.3 Å². The number of hydrogen-bond acceptors (Lipinski definition) is 6. The molecule has 1 aromatic heterocycles. The monoisotopic (exact) mass is 426 g/mol. The van der Waals surface area contributed by atoms with Crippen molar-refractivity contribution in [3.05, 3.63) is 58.9 Å². The van der Waals surface area contributed by atoms with Gasteiger partial charge in [0.2, 0.25) is 0 Å². The molecular formula is C21H28F2N2O5. The molecule has 0 atom stereocenters. The molecule has 1 aromatic carbocycles. The second-order valence-electron chi connectivity index (χ2n) is 6.02. The summed E-state index contributed by atoms with van der Waals surface area (Å²) >= 11 is 0. The van der Waals surface area contributed by atoms with Crippen molar-refractivity contribution < 1.29 is 33.6 Å². The first kappa shape index (κ1) is 25.4. The summed E-state index contributed by atoms with van der Waals surface area (Å²) in [6.07, 6.45) is -2.99. The zero-order chi connectivity index (χ0) is 22.8. The molecule has 2 aromatic rings. The van der Waals surface area contributed by atoms with Crippen molar-refractivity contribution >= 4 is 5.97 Å². The van der Waals surface area contributed by atoms with Crippen LogP contribution in [0.25, 0.3) is 11.1 Å². The third-order valence-corrected chi connectivity index (χ3v) is 4.45. The summed E-state index contributed by atoms with van der Waals surface area (Å²) in [6.45, 7) is 6.34. The largest absolute Gasteiger partial charge is 0.461 e. The fourth-order valence-electron chi connectivity index (χ4n) is 3.27. The van der Waals surface area contributed by atoms with E-state index in [-0.39, 0.29) is 47.7 Å². The Balaban J connectivity index is 0.00000218. The molecule has 7 nitrogen and oxygen atoms in total. The second kappa shape index (κ2) is 12.2. The fourth-order valence-corrected chi connectivity index (χ4v) is 3.27. The molecule has 0 amide bonds. The van der Waals surface area contributed by atoms with Gasteiger partial charge in [0.05, 0.1) is 32.0 Å². The SMILES string of the molecule is C=C.CCOC(=O)c1[nH]c(CNC)c(-c2ccc(CO)c(CO)c2CO)c1C(F)F. The van der Waals surface area contributed by atoms with E-state index < -0.39 is 31.2 Å². The normalized spacial score (nSPS) is 10.7. The summed E-state index contributed by atoms with van der Waals surface area (Å²) in [5.74, 6) is -0.902. The van der Waals surface area contributed by atoms with Crippen LogP contribution in [0.3, 0.4) is 0 Å². The fraction of sp³-hybridized carbons (Fsp3) is 0.381. The Labute approximate surface area is 174 Å². The van der Waals surface area contributed by atoms with Gasteiger partial charge >= 0.3 is 5.97 Å². The van der Waals surface area contributed by atoms with Crippen molar-refractivity contribution in [2.45, 2.75) is 39.7 Å². The maximum atomic E-state index is 14.0. The smallest absolute Gasteiger partial charge is 0.355 e. The summed E-state index contributed by atoms with van der Waals surface area (Å²) in [5, 5.41) is 31.9. The molecule has 0 radical (unpaired) electrons. The number of rotatable bonds is 9. The number of carbonyl (C=O) groups is 1. The van der Waals surface area contributed by atoms with Gasteiger partial charge in [0.15, 0.2) is 0 Å². The maximum absolute atomic E-state index is 14.0. The lowest BCUT2D eigenvalue weighted by Crippen LogP contribution is -2.09. The van der Waals surface area contributed by atoms with Gasteiger partial charge in [-0.3, -0.25) is 0 Å². The van der Waals surface area contributed by atoms with Crippen molar-refractivity contribution in [3.8, 4) is 11.1 Å². The minimum atomic E-state index is -2.99. The Morgan fingerprint density at radius 2 is 1.80 bits per heavy atom. The van der Waals surface area contributed by atoms with Crippen LogP contribution >= 0.6 is 0 Å². The van der Waals surface area contributed by atoms with E-state index in [0.717, 1.165) is 0 Å². The van der Waals surface area contributed by atoms with Gasteiger partial charge in [-0.05, 0) is 36.2 Å². The van der Waals surface area contributed by atoms with Gasteiger partial charge < -0.3 is 30.4 Å². The standard InChI is InChI=1S/C19H24F2N2O5.C2H4/c1-3-28-19(27)17-16(18(20)21)15(14(23-17)6-22-2)11-5-4-10(7-24)12(8-25)13(11)9-26;1-2/h4-5,18,22-26H,3,6-9H2,1-2H3;1-2H2. The quantitative estimate of drug-likeness (QED) is 0.311. The Morgan fingerprint density at radius 3 is 2.27 bits per heavy atom. The molecule has 0 saturated carbocycles. The van der Waals surface area contributed by atoms with Crippen molar-refractivity contribution in [1.29, 1.82) is 0 Å². The maximum Gasteiger partial charge on any atom is 0.355 e. The van der Waals surface area contributed by atoms with E-state index in [4.69, 9.17) is 4.74 Å². The first-order valence-electron chi connectivity index (χ1n) is 9.26. The summed E-state index contributed by atoms with van der Waals surface area (Å²) in [7, 11) is 1.62. The third-order valence-electron chi connectivity index (χ3n) is 4.45. The molecule has 2 rings (SSSR count). The van der Waals surface area contributed by atoms with Gasteiger partial charge in [-0.1, -0.05) is 12.1 Å². The van der Waals surface area contributed by atoms with Crippen molar-refractivity contribution in [3.63, 3.8) is 0 Å². The van der Waals surface area contributed by atoms with Crippen LogP contribution in [0.5, 0.6) is 0 Å². The highest BCUT2D eigenvalue weighted by Gasteiger charge is 2.31. The number of alkyl halides is 2. The first-order valence-corrected chi connectivity index (χ1v) is 9.26. The molecule has 0 unspecified atom stereocenters. The Hall–Kier alpha value is -2.59. The lowest BCUT2D eigenvalue weighted by Gasteiger charge is -2.17. The Bertz CT molecular complexity index is 852. The van der Waals surface area contributed by atoms with E-state index >= 15 is 0 Å². The summed E-state index contributed by atoms with van der Waals surface area (Å²) in [5.41, 5.74) is 0.602. The number of aliphatic hydroxyl groups is 3. The summed E-state index contributed by atoms with van der Waals surface area (Å²) < 4.78 is 32.9. The number of aliphatic hydroxyl groups excluding tert-OH is 3. The van der Waals surface area contributed by atoms with Gasteiger partial charge in [-0.25, -0.2) is 13.6 Å². The predicted molar refractivity (Wildman–Crippen MR) is 109 cm³/mol. The van der Waals surface area contributed by atoms with Crippen LogP contribution in [0.15, 0.2) is 25.3 Å². The second-order valence-corrected chi connectivity index (χ2v) is 6.02.